The second-order valence-electron chi connectivity index (χ2n) is 4.89. The number of ether oxygens (including phenoxy) is 2. The molecule has 0 radical (unpaired) electrons. The van der Waals surface area contributed by atoms with Crippen LogP contribution in [0.25, 0.3) is 0 Å². The van der Waals surface area contributed by atoms with E-state index in [0.717, 1.165) is 12.8 Å². The van der Waals surface area contributed by atoms with Crippen molar-refractivity contribution >= 4 is 26.0 Å². The van der Waals surface area contributed by atoms with Gasteiger partial charge in [0.05, 0.1) is 19.8 Å². The molecule has 1 aromatic heterocycles. The maximum atomic E-state index is 12.6. The Labute approximate surface area is 126 Å². The molecule has 0 N–H and O–H groups in total. The summed E-state index contributed by atoms with van der Waals surface area (Å²) in [5.74, 6) is -0.759. The monoisotopic (exact) mass is 362 g/mol. The summed E-state index contributed by atoms with van der Waals surface area (Å²) in [7, 11) is -3.57. The summed E-state index contributed by atoms with van der Waals surface area (Å²) in [6.07, 6.45) is 4.37. The summed E-state index contributed by atoms with van der Waals surface area (Å²) in [6, 6.07) is 1.56. The lowest BCUT2D eigenvalue weighted by molar-refractivity contribution is -0.179. The van der Waals surface area contributed by atoms with E-state index in [0.29, 0.717) is 24.2 Å². The maximum Gasteiger partial charge on any atom is 0.244 e. The minimum Gasteiger partial charge on any atom is -0.346 e. The van der Waals surface area contributed by atoms with Crippen LogP contribution in [-0.2, 0) is 19.5 Å². The lowest BCUT2D eigenvalue weighted by Gasteiger charge is -2.37. The van der Waals surface area contributed by atoms with Crippen LogP contribution in [0.3, 0.4) is 0 Å². The molecule has 2 aliphatic heterocycles. The van der Waals surface area contributed by atoms with Gasteiger partial charge >= 0.3 is 0 Å². The van der Waals surface area contributed by atoms with Gasteiger partial charge in [0.1, 0.15) is 4.90 Å². The number of hydrogen-bond acceptors (Lipinski definition) is 5. The number of piperidine rings is 1. The van der Waals surface area contributed by atoms with Crippen molar-refractivity contribution in [3.05, 3.63) is 22.9 Å². The summed E-state index contributed by atoms with van der Waals surface area (Å²) in [5.41, 5.74) is 0. The average molecular weight is 363 g/mol. The van der Waals surface area contributed by atoms with E-state index in [1.165, 1.54) is 10.5 Å². The van der Waals surface area contributed by atoms with Crippen LogP contribution in [-0.4, -0.2) is 49.8 Å². The van der Waals surface area contributed by atoms with Gasteiger partial charge in [-0.2, -0.15) is 4.31 Å². The fourth-order valence-corrected chi connectivity index (χ4v) is 4.59. The van der Waals surface area contributed by atoms with Crippen LogP contribution in [0.1, 0.15) is 12.8 Å². The van der Waals surface area contributed by atoms with Gasteiger partial charge < -0.3 is 9.47 Å². The van der Waals surface area contributed by atoms with Crippen LogP contribution < -0.4 is 0 Å². The standard InChI is InChI=1S/C12H15BrN2O4S/c13-10-6-11(8-14-7-10)20(16,17)15-3-1-2-12(9-15)18-4-5-19-12/h6-8H,1-5,9H2. The number of sulfonamides is 1. The quantitative estimate of drug-likeness (QED) is 0.794. The van der Waals surface area contributed by atoms with E-state index in [1.54, 1.807) is 12.3 Å². The first kappa shape index (κ1) is 14.4. The summed E-state index contributed by atoms with van der Waals surface area (Å²) in [5, 5.41) is 0. The van der Waals surface area contributed by atoms with E-state index < -0.39 is 15.8 Å². The Morgan fingerprint density at radius 3 is 2.75 bits per heavy atom. The molecule has 8 heteroatoms. The van der Waals surface area contributed by atoms with Crippen molar-refractivity contribution in [1.82, 2.24) is 9.29 Å². The number of halogens is 1. The summed E-state index contributed by atoms with van der Waals surface area (Å²) in [4.78, 5) is 4.10. The van der Waals surface area contributed by atoms with Crippen molar-refractivity contribution in [2.24, 2.45) is 0 Å². The number of nitrogens with zero attached hydrogens (tertiary/aromatic N) is 2. The Balaban J connectivity index is 1.87. The van der Waals surface area contributed by atoms with Gasteiger partial charge in [-0.1, -0.05) is 0 Å². The molecule has 0 unspecified atom stereocenters. The summed E-state index contributed by atoms with van der Waals surface area (Å²) >= 11 is 3.24. The molecule has 20 heavy (non-hydrogen) atoms. The molecule has 1 aromatic rings. The molecule has 3 rings (SSSR count). The molecule has 6 nitrogen and oxygen atoms in total. The molecular formula is C12H15BrN2O4S. The summed E-state index contributed by atoms with van der Waals surface area (Å²) < 4.78 is 38.6. The van der Waals surface area contributed by atoms with Gasteiger partial charge in [0.25, 0.3) is 0 Å². The maximum absolute atomic E-state index is 12.6. The second kappa shape index (κ2) is 5.34. The smallest absolute Gasteiger partial charge is 0.244 e. The topological polar surface area (TPSA) is 68.7 Å². The first-order valence-electron chi connectivity index (χ1n) is 6.41. The van der Waals surface area contributed by atoms with Gasteiger partial charge in [0.15, 0.2) is 5.79 Å². The SMILES string of the molecule is O=S(=O)(c1cncc(Br)c1)N1CCCC2(C1)OCCO2. The van der Waals surface area contributed by atoms with Crippen LogP contribution in [0, 0.1) is 0 Å². The molecule has 0 saturated carbocycles. The highest BCUT2D eigenvalue weighted by atomic mass is 79.9. The zero-order valence-corrected chi connectivity index (χ0v) is 13.2. The molecule has 3 heterocycles. The molecule has 2 fully saturated rings. The van der Waals surface area contributed by atoms with Crippen molar-refractivity contribution in [2.75, 3.05) is 26.3 Å². The fourth-order valence-electron chi connectivity index (χ4n) is 2.57. The molecule has 110 valence electrons. The van der Waals surface area contributed by atoms with E-state index in [2.05, 4.69) is 20.9 Å². The minimum atomic E-state index is -3.57. The van der Waals surface area contributed by atoms with Crippen LogP contribution in [0.15, 0.2) is 27.8 Å². The number of hydrogen-bond donors (Lipinski definition) is 0. The van der Waals surface area contributed by atoms with Gasteiger partial charge in [0, 0.05) is 29.8 Å². The fraction of sp³-hybridized carbons (Fsp3) is 0.583. The summed E-state index contributed by atoms with van der Waals surface area (Å²) in [6.45, 7) is 1.75. The van der Waals surface area contributed by atoms with Gasteiger partial charge in [-0.15, -0.1) is 0 Å². The van der Waals surface area contributed by atoms with E-state index in [1.807, 2.05) is 0 Å². The predicted octanol–water partition coefficient (Wildman–Crippen LogP) is 1.37. The van der Waals surface area contributed by atoms with Crippen LogP contribution in [0.5, 0.6) is 0 Å². The molecule has 0 atom stereocenters. The third kappa shape index (κ3) is 2.62. The highest BCUT2D eigenvalue weighted by molar-refractivity contribution is 9.10. The Kier molecular flexibility index (Phi) is 3.85. The Bertz CT molecular complexity index is 601. The van der Waals surface area contributed by atoms with E-state index in [9.17, 15) is 8.42 Å². The molecule has 1 spiro atoms. The predicted molar refractivity (Wildman–Crippen MR) is 74.6 cm³/mol. The van der Waals surface area contributed by atoms with Gasteiger partial charge in [-0.05, 0) is 28.4 Å². The Morgan fingerprint density at radius 2 is 2.05 bits per heavy atom. The highest BCUT2D eigenvalue weighted by Crippen LogP contribution is 2.32. The highest BCUT2D eigenvalue weighted by Gasteiger charge is 2.44. The number of aromatic nitrogens is 1. The first-order valence-corrected chi connectivity index (χ1v) is 8.64. The third-order valence-electron chi connectivity index (χ3n) is 3.51. The van der Waals surface area contributed by atoms with E-state index in [4.69, 9.17) is 9.47 Å². The molecule has 0 bridgehead atoms. The molecule has 2 aliphatic rings. The zero-order valence-electron chi connectivity index (χ0n) is 10.8. The number of pyridine rings is 1. The lowest BCUT2D eigenvalue weighted by Crippen LogP contribution is -2.50. The lowest BCUT2D eigenvalue weighted by atomic mass is 10.1. The molecule has 2 saturated heterocycles. The van der Waals surface area contributed by atoms with Crippen molar-refractivity contribution in [2.45, 2.75) is 23.5 Å². The Hall–Kier alpha value is -0.540. The second-order valence-corrected chi connectivity index (χ2v) is 7.74. The molecular weight excluding hydrogens is 348 g/mol. The average Bonchev–Trinajstić information content (AvgIpc) is 2.87. The normalized spacial score (nSPS) is 23.2. The van der Waals surface area contributed by atoms with Gasteiger partial charge in [-0.3, -0.25) is 4.98 Å². The van der Waals surface area contributed by atoms with Crippen molar-refractivity contribution in [3.8, 4) is 0 Å². The van der Waals surface area contributed by atoms with E-state index >= 15 is 0 Å². The van der Waals surface area contributed by atoms with Crippen LogP contribution in [0.4, 0.5) is 0 Å². The molecule has 0 aromatic carbocycles. The van der Waals surface area contributed by atoms with Crippen molar-refractivity contribution in [3.63, 3.8) is 0 Å². The molecule has 0 aliphatic carbocycles. The molecule has 0 amide bonds. The van der Waals surface area contributed by atoms with Crippen molar-refractivity contribution in [1.29, 1.82) is 0 Å². The first-order chi connectivity index (χ1) is 9.52. The third-order valence-corrected chi connectivity index (χ3v) is 5.76. The van der Waals surface area contributed by atoms with Gasteiger partial charge in [0.2, 0.25) is 10.0 Å². The zero-order chi connectivity index (χ0) is 14.2. The van der Waals surface area contributed by atoms with Gasteiger partial charge in [-0.25, -0.2) is 8.42 Å². The minimum absolute atomic E-state index is 0.182. The van der Waals surface area contributed by atoms with Crippen LogP contribution >= 0.6 is 15.9 Å². The number of rotatable bonds is 2. The largest absolute Gasteiger partial charge is 0.346 e. The van der Waals surface area contributed by atoms with Crippen LogP contribution in [0.2, 0.25) is 0 Å². The van der Waals surface area contributed by atoms with Crippen molar-refractivity contribution < 1.29 is 17.9 Å². The van der Waals surface area contributed by atoms with E-state index in [-0.39, 0.29) is 11.4 Å². The Morgan fingerprint density at radius 1 is 1.30 bits per heavy atom.